The third-order valence-corrected chi connectivity index (χ3v) is 3.53. The van der Waals surface area contributed by atoms with Crippen LogP contribution < -0.4 is 20.1 Å². The fraction of sp³-hybridized carbons (Fsp3) is 0.353. The molecule has 0 atom stereocenters. The maximum Gasteiger partial charge on any atom is 0.271 e. The molecule has 126 valence electrons. The Morgan fingerprint density at radius 3 is 2.54 bits per heavy atom. The molecule has 1 aromatic heterocycles. The van der Waals surface area contributed by atoms with Crippen LogP contribution in [0, 0.1) is 0 Å². The number of hydrogen-bond donors (Lipinski definition) is 2. The molecule has 1 aromatic carbocycles. The van der Waals surface area contributed by atoms with Crippen molar-refractivity contribution in [1.82, 2.24) is 15.3 Å². The summed E-state index contributed by atoms with van der Waals surface area (Å²) in [5.74, 6) is 1.94. The van der Waals surface area contributed by atoms with Crippen LogP contribution in [-0.4, -0.2) is 42.2 Å². The van der Waals surface area contributed by atoms with Crippen molar-refractivity contribution in [1.29, 1.82) is 0 Å². The van der Waals surface area contributed by atoms with Crippen molar-refractivity contribution >= 4 is 11.7 Å². The average molecular weight is 328 g/mol. The number of hydrogen-bond acceptors (Lipinski definition) is 6. The van der Waals surface area contributed by atoms with Gasteiger partial charge in [-0.1, -0.05) is 0 Å². The Bertz CT molecular complexity index is 669. The molecule has 2 aromatic rings. The highest BCUT2D eigenvalue weighted by molar-refractivity contribution is 5.91. The average Bonchev–Trinajstić information content (AvgIpc) is 3.44. The van der Waals surface area contributed by atoms with Crippen molar-refractivity contribution in [2.45, 2.75) is 18.9 Å². The summed E-state index contributed by atoms with van der Waals surface area (Å²) in [5.41, 5.74) is 0.292. The Balaban J connectivity index is 1.39. The first kappa shape index (κ1) is 16.0. The lowest BCUT2D eigenvalue weighted by Crippen LogP contribution is -2.29. The molecule has 7 heteroatoms. The van der Waals surface area contributed by atoms with E-state index in [9.17, 15) is 4.79 Å². The minimum atomic E-state index is -0.265. The third-order valence-electron chi connectivity index (χ3n) is 3.53. The van der Waals surface area contributed by atoms with Crippen LogP contribution in [0.15, 0.2) is 36.7 Å². The summed E-state index contributed by atoms with van der Waals surface area (Å²) in [5, 5.41) is 5.98. The number of rotatable bonds is 8. The largest absolute Gasteiger partial charge is 0.497 e. The van der Waals surface area contributed by atoms with E-state index < -0.39 is 0 Å². The van der Waals surface area contributed by atoms with E-state index in [1.54, 1.807) is 13.3 Å². The van der Waals surface area contributed by atoms with Gasteiger partial charge in [-0.15, -0.1) is 0 Å². The summed E-state index contributed by atoms with van der Waals surface area (Å²) in [4.78, 5) is 20.3. The summed E-state index contributed by atoms with van der Waals surface area (Å²) in [6, 6.07) is 7.78. The van der Waals surface area contributed by atoms with Crippen molar-refractivity contribution in [3.8, 4) is 11.5 Å². The molecule has 1 aliphatic rings. The van der Waals surface area contributed by atoms with Gasteiger partial charge in [-0.05, 0) is 37.1 Å². The summed E-state index contributed by atoms with van der Waals surface area (Å²) in [7, 11) is 1.61. The first-order chi connectivity index (χ1) is 11.7. The molecule has 1 heterocycles. The monoisotopic (exact) mass is 328 g/mol. The second kappa shape index (κ2) is 7.63. The van der Waals surface area contributed by atoms with E-state index in [1.807, 2.05) is 24.3 Å². The predicted octanol–water partition coefficient (Wildman–Crippen LogP) is 1.87. The maximum atomic E-state index is 12.0. The molecule has 0 aliphatic heterocycles. The van der Waals surface area contributed by atoms with Crippen LogP contribution in [-0.2, 0) is 0 Å². The van der Waals surface area contributed by atoms with Crippen LogP contribution in [0.5, 0.6) is 11.5 Å². The number of anilines is 1. The van der Waals surface area contributed by atoms with Gasteiger partial charge in [-0.2, -0.15) is 0 Å². The summed E-state index contributed by atoms with van der Waals surface area (Å²) in [6.07, 6.45) is 5.39. The van der Waals surface area contributed by atoms with Crippen LogP contribution in [0.4, 0.5) is 5.82 Å². The van der Waals surface area contributed by atoms with E-state index >= 15 is 0 Å². The van der Waals surface area contributed by atoms with Gasteiger partial charge in [-0.25, -0.2) is 9.97 Å². The van der Waals surface area contributed by atoms with E-state index in [-0.39, 0.29) is 5.91 Å². The molecule has 1 fully saturated rings. The van der Waals surface area contributed by atoms with Crippen molar-refractivity contribution in [3.63, 3.8) is 0 Å². The van der Waals surface area contributed by atoms with E-state index in [2.05, 4.69) is 20.6 Å². The second-order valence-corrected chi connectivity index (χ2v) is 5.49. The number of carbonyl (C=O) groups excluding carboxylic acids is 1. The molecule has 0 spiro atoms. The molecule has 7 nitrogen and oxygen atoms in total. The zero-order chi connectivity index (χ0) is 16.8. The zero-order valence-corrected chi connectivity index (χ0v) is 13.5. The molecular weight excluding hydrogens is 308 g/mol. The number of aromatic nitrogens is 2. The van der Waals surface area contributed by atoms with E-state index in [0.29, 0.717) is 30.7 Å². The van der Waals surface area contributed by atoms with Crippen LogP contribution in [0.2, 0.25) is 0 Å². The fourth-order valence-corrected chi connectivity index (χ4v) is 2.05. The van der Waals surface area contributed by atoms with E-state index in [0.717, 1.165) is 24.3 Å². The van der Waals surface area contributed by atoms with Gasteiger partial charge >= 0.3 is 0 Å². The quantitative estimate of drug-likeness (QED) is 0.720. The van der Waals surface area contributed by atoms with Gasteiger partial charge in [-0.3, -0.25) is 4.79 Å². The summed E-state index contributed by atoms with van der Waals surface area (Å²) < 4.78 is 10.6. The molecule has 1 amide bonds. The second-order valence-electron chi connectivity index (χ2n) is 5.49. The Kier molecular flexibility index (Phi) is 5.10. The molecule has 0 radical (unpaired) electrons. The molecular formula is C17H20N4O3. The Morgan fingerprint density at radius 2 is 1.92 bits per heavy atom. The highest BCUT2D eigenvalue weighted by atomic mass is 16.5. The van der Waals surface area contributed by atoms with Gasteiger partial charge in [0.25, 0.3) is 5.91 Å². The molecule has 3 rings (SSSR count). The lowest BCUT2D eigenvalue weighted by atomic mass is 10.3. The standard InChI is InChI=1S/C17H20N4O3/c1-23-13-4-6-14(7-5-13)24-9-8-18-17(22)15-10-20-16(11-19-15)21-12-2-3-12/h4-7,10-12H,2-3,8-9H2,1H3,(H,18,22)(H,20,21). The number of ether oxygens (including phenoxy) is 2. The Morgan fingerprint density at radius 1 is 1.17 bits per heavy atom. The van der Waals surface area contributed by atoms with Gasteiger partial charge in [0.2, 0.25) is 0 Å². The lowest BCUT2D eigenvalue weighted by molar-refractivity contribution is 0.0941. The van der Waals surface area contributed by atoms with Crippen molar-refractivity contribution in [2.75, 3.05) is 25.6 Å². The van der Waals surface area contributed by atoms with E-state index in [4.69, 9.17) is 9.47 Å². The van der Waals surface area contributed by atoms with Gasteiger partial charge in [0.15, 0.2) is 0 Å². The number of carbonyl (C=O) groups is 1. The summed E-state index contributed by atoms with van der Waals surface area (Å²) >= 11 is 0. The first-order valence-electron chi connectivity index (χ1n) is 7.88. The van der Waals surface area contributed by atoms with Crippen LogP contribution in [0.1, 0.15) is 23.3 Å². The Labute approximate surface area is 140 Å². The summed E-state index contributed by atoms with van der Waals surface area (Å²) in [6.45, 7) is 0.751. The van der Waals surface area contributed by atoms with Crippen molar-refractivity contribution in [2.24, 2.45) is 0 Å². The minimum Gasteiger partial charge on any atom is -0.497 e. The van der Waals surface area contributed by atoms with Crippen LogP contribution in [0.25, 0.3) is 0 Å². The molecule has 2 N–H and O–H groups in total. The minimum absolute atomic E-state index is 0.265. The number of amides is 1. The fourth-order valence-electron chi connectivity index (χ4n) is 2.05. The van der Waals surface area contributed by atoms with E-state index in [1.165, 1.54) is 6.20 Å². The number of nitrogens with zero attached hydrogens (tertiary/aromatic N) is 2. The molecule has 1 aliphatic carbocycles. The number of methoxy groups -OCH3 is 1. The van der Waals surface area contributed by atoms with Gasteiger partial charge in [0.1, 0.15) is 29.6 Å². The first-order valence-corrected chi connectivity index (χ1v) is 7.88. The van der Waals surface area contributed by atoms with Crippen molar-refractivity contribution < 1.29 is 14.3 Å². The maximum absolute atomic E-state index is 12.0. The predicted molar refractivity (Wildman–Crippen MR) is 89.5 cm³/mol. The van der Waals surface area contributed by atoms with Gasteiger partial charge < -0.3 is 20.1 Å². The number of benzene rings is 1. The van der Waals surface area contributed by atoms with Crippen LogP contribution >= 0.6 is 0 Å². The number of nitrogens with one attached hydrogen (secondary N) is 2. The normalized spacial score (nSPS) is 13.2. The molecule has 1 saturated carbocycles. The van der Waals surface area contributed by atoms with Gasteiger partial charge in [0.05, 0.1) is 26.0 Å². The SMILES string of the molecule is COc1ccc(OCCNC(=O)c2cnc(NC3CC3)cn2)cc1. The lowest BCUT2D eigenvalue weighted by Gasteiger charge is -2.08. The highest BCUT2D eigenvalue weighted by Gasteiger charge is 2.21. The zero-order valence-electron chi connectivity index (χ0n) is 13.5. The smallest absolute Gasteiger partial charge is 0.271 e. The molecule has 24 heavy (non-hydrogen) atoms. The highest BCUT2D eigenvalue weighted by Crippen LogP contribution is 2.23. The third kappa shape index (κ3) is 4.58. The molecule has 0 unspecified atom stereocenters. The Hall–Kier alpha value is -2.83. The molecule has 0 bridgehead atoms. The topological polar surface area (TPSA) is 85.4 Å². The van der Waals surface area contributed by atoms with Gasteiger partial charge in [0, 0.05) is 6.04 Å². The van der Waals surface area contributed by atoms with Crippen molar-refractivity contribution in [3.05, 3.63) is 42.4 Å². The molecule has 0 saturated heterocycles. The van der Waals surface area contributed by atoms with Crippen LogP contribution in [0.3, 0.4) is 0 Å².